The quantitative estimate of drug-likeness (QED) is 0.928. The van der Waals surface area contributed by atoms with Crippen molar-refractivity contribution in [2.75, 3.05) is 30.8 Å². The van der Waals surface area contributed by atoms with Crippen LogP contribution in [0, 0.1) is 5.92 Å². The topological polar surface area (TPSA) is 62.5 Å². The number of rotatable bonds is 4. The monoisotopic (exact) mass is 308 g/mol. The smallest absolute Gasteiger partial charge is 0.267 e. The molecule has 1 atom stereocenters. The molecule has 1 unspecified atom stereocenters. The molecule has 2 fully saturated rings. The number of hydrogen-bond acceptors (Lipinski definition) is 5. The summed E-state index contributed by atoms with van der Waals surface area (Å²) in [6.45, 7) is 4.17. The Hall–Kier alpha value is -1.30. The van der Waals surface area contributed by atoms with Crippen molar-refractivity contribution < 1.29 is 4.79 Å². The molecule has 0 aromatic carbocycles. The fourth-order valence-corrected chi connectivity index (χ4v) is 3.95. The number of nitrogen functional groups attached to an aromatic ring is 1. The SMILES string of the molecule is CC(C1CC1)N(C)C(=O)c1sc(N2CCCCC2)nc1N. The fourth-order valence-electron chi connectivity index (χ4n) is 2.93. The van der Waals surface area contributed by atoms with Crippen LogP contribution in [0.15, 0.2) is 0 Å². The zero-order chi connectivity index (χ0) is 15.0. The summed E-state index contributed by atoms with van der Waals surface area (Å²) in [5.41, 5.74) is 6.00. The van der Waals surface area contributed by atoms with Gasteiger partial charge in [0.25, 0.3) is 5.91 Å². The Morgan fingerprint density at radius 3 is 2.67 bits per heavy atom. The third kappa shape index (κ3) is 3.00. The number of piperidine rings is 1. The zero-order valence-electron chi connectivity index (χ0n) is 12.8. The maximum atomic E-state index is 12.6. The third-order valence-electron chi connectivity index (χ3n) is 4.70. The lowest BCUT2D eigenvalue weighted by Gasteiger charge is -2.26. The second kappa shape index (κ2) is 5.83. The number of hydrogen-bond donors (Lipinski definition) is 1. The first-order chi connectivity index (χ1) is 10.1. The van der Waals surface area contributed by atoms with Crippen molar-refractivity contribution in [1.82, 2.24) is 9.88 Å². The third-order valence-corrected chi connectivity index (χ3v) is 5.82. The van der Waals surface area contributed by atoms with Crippen LogP contribution in [0.2, 0.25) is 0 Å². The molecule has 0 radical (unpaired) electrons. The molecule has 1 aliphatic carbocycles. The minimum atomic E-state index is 0.0210. The molecule has 2 aliphatic rings. The van der Waals surface area contributed by atoms with Gasteiger partial charge in [-0.2, -0.15) is 0 Å². The van der Waals surface area contributed by atoms with Crippen molar-refractivity contribution >= 4 is 28.2 Å². The van der Waals surface area contributed by atoms with Gasteiger partial charge < -0.3 is 15.5 Å². The molecule has 1 saturated heterocycles. The van der Waals surface area contributed by atoms with Gasteiger partial charge in [0.05, 0.1) is 0 Å². The summed E-state index contributed by atoms with van der Waals surface area (Å²) < 4.78 is 0. The van der Waals surface area contributed by atoms with E-state index < -0.39 is 0 Å². The van der Waals surface area contributed by atoms with Gasteiger partial charge in [-0.15, -0.1) is 0 Å². The van der Waals surface area contributed by atoms with E-state index in [0.29, 0.717) is 16.6 Å². The molecule has 5 nitrogen and oxygen atoms in total. The average Bonchev–Trinajstić information content (AvgIpc) is 3.28. The summed E-state index contributed by atoms with van der Waals surface area (Å²) in [6, 6.07) is 0.289. The molecule has 2 N–H and O–H groups in total. The molecule has 21 heavy (non-hydrogen) atoms. The highest BCUT2D eigenvalue weighted by Crippen LogP contribution is 2.36. The average molecular weight is 308 g/mol. The van der Waals surface area contributed by atoms with Crippen molar-refractivity contribution in [3.8, 4) is 0 Å². The van der Waals surface area contributed by atoms with Crippen LogP contribution >= 0.6 is 11.3 Å². The minimum Gasteiger partial charge on any atom is -0.382 e. The van der Waals surface area contributed by atoms with Gasteiger partial charge in [0.15, 0.2) is 5.13 Å². The van der Waals surface area contributed by atoms with Gasteiger partial charge >= 0.3 is 0 Å². The molecule has 3 rings (SSSR count). The van der Waals surface area contributed by atoms with E-state index in [2.05, 4.69) is 16.8 Å². The van der Waals surface area contributed by atoms with Gasteiger partial charge in [-0.3, -0.25) is 4.79 Å². The summed E-state index contributed by atoms with van der Waals surface area (Å²) in [7, 11) is 1.88. The van der Waals surface area contributed by atoms with Crippen LogP contribution in [0.5, 0.6) is 0 Å². The van der Waals surface area contributed by atoms with E-state index in [1.807, 2.05) is 11.9 Å². The Morgan fingerprint density at radius 1 is 1.38 bits per heavy atom. The van der Waals surface area contributed by atoms with Gasteiger partial charge in [-0.1, -0.05) is 11.3 Å². The Kier molecular flexibility index (Phi) is 4.06. The normalized spacial score (nSPS) is 20.4. The van der Waals surface area contributed by atoms with E-state index in [1.165, 1.54) is 43.4 Å². The highest BCUT2D eigenvalue weighted by Gasteiger charge is 2.34. The molecule has 1 aromatic rings. The molecular weight excluding hydrogens is 284 g/mol. The van der Waals surface area contributed by atoms with Crippen LogP contribution in [0.1, 0.15) is 48.7 Å². The standard InChI is InChI=1S/C15H24N4OS/c1-10(11-6-7-11)18(2)14(20)12-13(16)17-15(21-12)19-8-4-3-5-9-19/h10-11H,3-9,16H2,1-2H3. The summed E-state index contributed by atoms with van der Waals surface area (Å²) in [5.74, 6) is 1.07. The summed E-state index contributed by atoms with van der Waals surface area (Å²) in [6.07, 6.45) is 6.14. The van der Waals surface area contributed by atoms with Crippen molar-refractivity contribution in [3.63, 3.8) is 0 Å². The number of nitrogens with zero attached hydrogens (tertiary/aromatic N) is 3. The number of nitrogens with two attached hydrogens (primary N) is 1. The second-order valence-electron chi connectivity index (χ2n) is 6.25. The summed E-state index contributed by atoms with van der Waals surface area (Å²) >= 11 is 1.45. The van der Waals surface area contributed by atoms with Crippen molar-refractivity contribution in [2.24, 2.45) is 5.92 Å². The van der Waals surface area contributed by atoms with E-state index >= 15 is 0 Å². The largest absolute Gasteiger partial charge is 0.382 e. The van der Waals surface area contributed by atoms with Crippen molar-refractivity contribution in [2.45, 2.75) is 45.1 Å². The Labute approximate surface area is 130 Å². The predicted octanol–water partition coefficient (Wildman–Crippen LogP) is 2.59. The molecule has 1 amide bonds. The Balaban J connectivity index is 1.75. The first-order valence-corrected chi connectivity index (χ1v) is 8.68. The first kappa shape index (κ1) is 14.6. The molecule has 6 heteroatoms. The molecule has 116 valence electrons. The first-order valence-electron chi connectivity index (χ1n) is 7.86. The van der Waals surface area contributed by atoms with E-state index in [9.17, 15) is 4.79 Å². The molecule has 0 spiro atoms. The number of anilines is 2. The number of carbonyl (C=O) groups is 1. The summed E-state index contributed by atoms with van der Waals surface area (Å²) in [5, 5.41) is 0.906. The van der Waals surface area contributed by atoms with Gasteiger partial charge in [0.1, 0.15) is 10.7 Å². The van der Waals surface area contributed by atoms with Crippen LogP contribution in [0.4, 0.5) is 10.9 Å². The molecule has 1 saturated carbocycles. The molecule has 1 aromatic heterocycles. The number of amides is 1. The number of aromatic nitrogens is 1. The molecule has 2 heterocycles. The lowest BCUT2D eigenvalue weighted by Crippen LogP contribution is -2.36. The van der Waals surface area contributed by atoms with Crippen LogP contribution in [-0.2, 0) is 0 Å². The van der Waals surface area contributed by atoms with E-state index in [-0.39, 0.29) is 11.9 Å². The predicted molar refractivity (Wildman–Crippen MR) is 86.9 cm³/mol. The van der Waals surface area contributed by atoms with Gasteiger partial charge in [0.2, 0.25) is 0 Å². The van der Waals surface area contributed by atoms with E-state index in [4.69, 9.17) is 5.73 Å². The van der Waals surface area contributed by atoms with Crippen molar-refractivity contribution in [3.05, 3.63) is 4.88 Å². The lowest BCUT2D eigenvalue weighted by atomic mass is 10.1. The maximum Gasteiger partial charge on any atom is 0.267 e. The highest BCUT2D eigenvalue weighted by molar-refractivity contribution is 7.18. The minimum absolute atomic E-state index is 0.0210. The van der Waals surface area contributed by atoms with Gasteiger partial charge in [-0.05, 0) is 44.9 Å². The number of carbonyl (C=O) groups excluding carboxylic acids is 1. The fraction of sp³-hybridized carbons (Fsp3) is 0.733. The van der Waals surface area contributed by atoms with Gasteiger partial charge in [-0.25, -0.2) is 4.98 Å². The van der Waals surface area contributed by atoms with Crippen LogP contribution < -0.4 is 10.6 Å². The highest BCUT2D eigenvalue weighted by atomic mass is 32.1. The second-order valence-corrected chi connectivity index (χ2v) is 7.23. The maximum absolute atomic E-state index is 12.6. The summed E-state index contributed by atoms with van der Waals surface area (Å²) in [4.78, 5) is 21.8. The van der Waals surface area contributed by atoms with Crippen molar-refractivity contribution in [1.29, 1.82) is 0 Å². The molecular formula is C15H24N4OS. The van der Waals surface area contributed by atoms with E-state index in [0.717, 1.165) is 18.2 Å². The zero-order valence-corrected chi connectivity index (χ0v) is 13.7. The number of thiazole rings is 1. The molecule has 1 aliphatic heterocycles. The van der Waals surface area contributed by atoms with Crippen LogP contribution in [-0.4, -0.2) is 42.0 Å². The van der Waals surface area contributed by atoms with Crippen LogP contribution in [0.25, 0.3) is 0 Å². The molecule has 0 bridgehead atoms. The van der Waals surface area contributed by atoms with Gasteiger partial charge in [0, 0.05) is 26.2 Å². The van der Waals surface area contributed by atoms with E-state index in [1.54, 1.807) is 0 Å². The lowest BCUT2D eigenvalue weighted by molar-refractivity contribution is 0.0733. The Bertz CT molecular complexity index is 520. The Morgan fingerprint density at radius 2 is 2.05 bits per heavy atom. The van der Waals surface area contributed by atoms with Crippen LogP contribution in [0.3, 0.4) is 0 Å².